The predicted molar refractivity (Wildman–Crippen MR) is 91.5 cm³/mol. The third-order valence-corrected chi connectivity index (χ3v) is 4.28. The molecule has 0 atom stereocenters. The Morgan fingerprint density at radius 1 is 1.24 bits per heavy atom. The van der Waals surface area contributed by atoms with Crippen LogP contribution in [-0.2, 0) is 20.2 Å². The van der Waals surface area contributed by atoms with Crippen LogP contribution in [0.15, 0.2) is 27.1 Å². The van der Waals surface area contributed by atoms with Gasteiger partial charge in [-0.1, -0.05) is 6.92 Å². The van der Waals surface area contributed by atoms with E-state index in [-0.39, 0.29) is 0 Å². The third kappa shape index (κ3) is 4.31. The number of nitrogens with one attached hydrogen (secondary N) is 1. The van der Waals surface area contributed by atoms with Gasteiger partial charge in [0.2, 0.25) is 0 Å². The number of hydrogen-bond acceptors (Lipinski definition) is 3. The molecule has 1 aromatic carbocycles. The Morgan fingerprint density at radius 3 is 2.43 bits per heavy atom. The van der Waals surface area contributed by atoms with Crippen LogP contribution in [0.5, 0.6) is 5.75 Å². The van der Waals surface area contributed by atoms with Crippen molar-refractivity contribution in [1.82, 2.24) is 15.1 Å². The van der Waals surface area contributed by atoms with E-state index in [4.69, 9.17) is 4.74 Å². The fraction of sp³-hybridized carbons (Fsp3) is 0.400. The fourth-order valence-electron chi connectivity index (χ4n) is 2.07. The van der Waals surface area contributed by atoms with Crippen molar-refractivity contribution in [2.75, 3.05) is 6.54 Å². The molecule has 21 heavy (non-hydrogen) atoms. The smallest absolute Gasteiger partial charge is 0.148 e. The molecule has 0 saturated carbocycles. The van der Waals surface area contributed by atoms with E-state index in [1.165, 1.54) is 5.56 Å². The summed E-state index contributed by atoms with van der Waals surface area (Å²) >= 11 is 7.16. The summed E-state index contributed by atoms with van der Waals surface area (Å²) < 4.78 is 9.67. The van der Waals surface area contributed by atoms with Crippen molar-refractivity contribution in [3.05, 3.63) is 44.1 Å². The number of rotatable bonds is 6. The maximum absolute atomic E-state index is 5.93. The van der Waals surface area contributed by atoms with Crippen molar-refractivity contribution in [2.45, 2.75) is 27.0 Å². The number of hydrogen-bond donors (Lipinski definition) is 1. The molecule has 1 N–H and O–H groups in total. The molecule has 0 amide bonds. The molecule has 1 aromatic heterocycles. The molecule has 1 heterocycles. The summed E-state index contributed by atoms with van der Waals surface area (Å²) in [5.74, 6) is 0.814. The molecule has 114 valence electrons. The Balaban J connectivity index is 2.11. The first-order chi connectivity index (χ1) is 10.0. The largest absolute Gasteiger partial charge is 0.485 e. The van der Waals surface area contributed by atoms with Gasteiger partial charge in [0.1, 0.15) is 12.4 Å². The molecular weight excluding hydrogens is 398 g/mol. The Kier molecular flexibility index (Phi) is 5.84. The van der Waals surface area contributed by atoms with E-state index >= 15 is 0 Å². The lowest BCUT2D eigenvalue weighted by Gasteiger charge is -2.12. The van der Waals surface area contributed by atoms with Gasteiger partial charge in [-0.05, 0) is 69.1 Å². The highest BCUT2D eigenvalue weighted by Crippen LogP contribution is 2.35. The van der Waals surface area contributed by atoms with Gasteiger partial charge in [0, 0.05) is 13.6 Å². The number of nitrogens with zero attached hydrogens (tertiary/aromatic N) is 2. The first-order valence-corrected chi connectivity index (χ1v) is 8.40. The molecule has 0 aliphatic carbocycles. The third-order valence-electron chi connectivity index (χ3n) is 3.10. The molecule has 2 rings (SSSR count). The van der Waals surface area contributed by atoms with E-state index in [1.54, 1.807) is 0 Å². The average molecular weight is 417 g/mol. The lowest BCUT2D eigenvalue weighted by molar-refractivity contribution is 0.291. The van der Waals surface area contributed by atoms with E-state index in [0.717, 1.165) is 39.2 Å². The maximum atomic E-state index is 5.93. The lowest BCUT2D eigenvalue weighted by Crippen LogP contribution is -2.12. The highest BCUT2D eigenvalue weighted by atomic mass is 79.9. The van der Waals surface area contributed by atoms with Crippen molar-refractivity contribution >= 4 is 31.9 Å². The summed E-state index contributed by atoms with van der Waals surface area (Å²) in [7, 11) is 1.93. The van der Waals surface area contributed by atoms with Crippen LogP contribution in [0.4, 0.5) is 0 Å². The lowest BCUT2D eigenvalue weighted by atomic mass is 10.2. The molecule has 0 unspecified atom stereocenters. The van der Waals surface area contributed by atoms with E-state index in [0.29, 0.717) is 6.61 Å². The quantitative estimate of drug-likeness (QED) is 0.774. The Hall–Kier alpha value is -0.850. The van der Waals surface area contributed by atoms with Crippen LogP contribution in [0.25, 0.3) is 0 Å². The van der Waals surface area contributed by atoms with E-state index in [9.17, 15) is 0 Å². The van der Waals surface area contributed by atoms with Crippen molar-refractivity contribution in [2.24, 2.45) is 7.05 Å². The second-order valence-corrected chi connectivity index (χ2v) is 6.57. The highest BCUT2D eigenvalue weighted by Gasteiger charge is 2.11. The monoisotopic (exact) mass is 415 g/mol. The second-order valence-electron chi connectivity index (χ2n) is 4.86. The molecule has 0 aliphatic rings. The molecule has 0 fully saturated rings. The molecule has 0 saturated heterocycles. The minimum Gasteiger partial charge on any atom is -0.485 e. The van der Waals surface area contributed by atoms with Crippen LogP contribution in [-0.4, -0.2) is 16.3 Å². The van der Waals surface area contributed by atoms with E-state index in [2.05, 4.69) is 61.3 Å². The zero-order valence-corrected chi connectivity index (χ0v) is 15.6. The van der Waals surface area contributed by atoms with Gasteiger partial charge in [0.05, 0.1) is 20.3 Å². The van der Waals surface area contributed by atoms with E-state index in [1.807, 2.05) is 24.7 Å². The summed E-state index contributed by atoms with van der Waals surface area (Å²) in [6.07, 6.45) is 0. The van der Waals surface area contributed by atoms with Gasteiger partial charge >= 0.3 is 0 Å². The van der Waals surface area contributed by atoms with Crippen molar-refractivity contribution in [3.8, 4) is 5.75 Å². The zero-order chi connectivity index (χ0) is 15.4. The minimum atomic E-state index is 0.487. The van der Waals surface area contributed by atoms with Crippen molar-refractivity contribution in [1.29, 1.82) is 0 Å². The highest BCUT2D eigenvalue weighted by molar-refractivity contribution is 9.11. The molecule has 0 spiro atoms. The summed E-state index contributed by atoms with van der Waals surface area (Å²) in [6, 6.07) is 6.19. The van der Waals surface area contributed by atoms with Crippen LogP contribution in [0.2, 0.25) is 0 Å². The van der Waals surface area contributed by atoms with Gasteiger partial charge in [-0.2, -0.15) is 5.10 Å². The first-order valence-electron chi connectivity index (χ1n) is 6.82. The summed E-state index contributed by atoms with van der Waals surface area (Å²) in [6.45, 7) is 6.35. The molecule has 0 aliphatic heterocycles. The van der Waals surface area contributed by atoms with Gasteiger partial charge in [-0.15, -0.1) is 0 Å². The van der Waals surface area contributed by atoms with Crippen LogP contribution >= 0.6 is 31.9 Å². The van der Waals surface area contributed by atoms with Crippen molar-refractivity contribution < 1.29 is 4.74 Å². The Bertz CT molecular complexity index is 602. The summed E-state index contributed by atoms with van der Waals surface area (Å²) in [5, 5.41) is 7.63. The molecular formula is C15H19Br2N3O. The summed E-state index contributed by atoms with van der Waals surface area (Å²) in [5.41, 5.74) is 3.25. The molecule has 0 bridgehead atoms. The summed E-state index contributed by atoms with van der Waals surface area (Å²) in [4.78, 5) is 0. The normalized spacial score (nSPS) is 10.9. The Morgan fingerprint density at radius 2 is 1.90 bits per heavy atom. The van der Waals surface area contributed by atoms with Gasteiger partial charge in [-0.25, -0.2) is 0 Å². The van der Waals surface area contributed by atoms with Crippen LogP contribution < -0.4 is 10.1 Å². The maximum Gasteiger partial charge on any atom is 0.148 e. The number of aromatic nitrogens is 2. The first kappa shape index (κ1) is 16.5. The number of halogens is 2. The number of ether oxygens (including phenoxy) is 1. The SMILES string of the molecule is CCNCc1cc(Br)c(OCc2cc(C)nn2C)c(Br)c1. The zero-order valence-electron chi connectivity index (χ0n) is 12.4. The number of aryl methyl sites for hydroxylation is 2. The standard InChI is InChI=1S/C15H19Br2N3O/c1-4-18-8-11-6-13(16)15(14(17)7-11)21-9-12-5-10(2)19-20(12)3/h5-7,18H,4,8-9H2,1-3H3. The van der Waals surface area contributed by atoms with Gasteiger partial charge < -0.3 is 10.1 Å². The molecule has 2 aromatic rings. The molecule has 6 heteroatoms. The van der Waals surface area contributed by atoms with Crippen LogP contribution in [0.3, 0.4) is 0 Å². The van der Waals surface area contributed by atoms with Crippen LogP contribution in [0.1, 0.15) is 23.9 Å². The van der Waals surface area contributed by atoms with Gasteiger partial charge in [0.25, 0.3) is 0 Å². The van der Waals surface area contributed by atoms with Crippen molar-refractivity contribution in [3.63, 3.8) is 0 Å². The number of benzene rings is 1. The second kappa shape index (κ2) is 7.42. The van der Waals surface area contributed by atoms with Gasteiger partial charge in [-0.3, -0.25) is 4.68 Å². The van der Waals surface area contributed by atoms with Crippen LogP contribution in [0, 0.1) is 6.92 Å². The van der Waals surface area contributed by atoms with E-state index < -0.39 is 0 Å². The molecule has 4 nitrogen and oxygen atoms in total. The predicted octanol–water partition coefficient (Wildman–Crippen LogP) is 3.94. The van der Waals surface area contributed by atoms with Gasteiger partial charge in [0.15, 0.2) is 0 Å². The fourth-order valence-corrected chi connectivity index (χ4v) is 3.58. The molecule has 0 radical (unpaired) electrons. The topological polar surface area (TPSA) is 39.1 Å². The Labute approximate surface area is 142 Å². The minimum absolute atomic E-state index is 0.487. The average Bonchev–Trinajstić information content (AvgIpc) is 2.74.